The summed E-state index contributed by atoms with van der Waals surface area (Å²) in [6, 6.07) is 1.25. The third-order valence-corrected chi connectivity index (χ3v) is 6.77. The van der Waals surface area contributed by atoms with Crippen LogP contribution in [0.2, 0.25) is 0 Å². The number of rotatable bonds is 6. The number of fused-ring (bicyclic) bond motifs is 1. The van der Waals surface area contributed by atoms with E-state index in [4.69, 9.17) is 5.73 Å². The molecule has 172 valence electrons. The first-order valence-electron chi connectivity index (χ1n) is 9.60. The molecule has 0 saturated heterocycles. The van der Waals surface area contributed by atoms with Crippen LogP contribution < -0.4 is 11.1 Å². The lowest BCUT2D eigenvalue weighted by Gasteiger charge is -2.10. The van der Waals surface area contributed by atoms with E-state index in [0.717, 1.165) is 15.8 Å². The Morgan fingerprint density at radius 2 is 1.94 bits per heavy atom. The van der Waals surface area contributed by atoms with Gasteiger partial charge in [0.1, 0.15) is 21.9 Å². The summed E-state index contributed by atoms with van der Waals surface area (Å²) in [7, 11) is 1.71. The fourth-order valence-electron chi connectivity index (χ4n) is 3.50. The van der Waals surface area contributed by atoms with Gasteiger partial charge in [-0.3, -0.25) is 19.0 Å². The molecule has 9 nitrogen and oxygen atoms in total. The van der Waals surface area contributed by atoms with Crippen LogP contribution in [0.1, 0.15) is 33.2 Å². The van der Waals surface area contributed by atoms with Gasteiger partial charge in [0.05, 0.1) is 21.5 Å². The number of thiophene rings is 1. The molecule has 0 bridgehead atoms. The highest BCUT2D eigenvalue weighted by Crippen LogP contribution is 2.43. The summed E-state index contributed by atoms with van der Waals surface area (Å²) in [5.41, 5.74) is 7.47. The molecule has 13 heteroatoms. The zero-order chi connectivity index (χ0) is 24.0. The lowest BCUT2D eigenvalue weighted by atomic mass is 10.0. The van der Waals surface area contributed by atoms with Crippen molar-refractivity contribution in [1.82, 2.24) is 24.5 Å². The first kappa shape index (κ1) is 23.0. The number of anilines is 1. The fourth-order valence-corrected chi connectivity index (χ4v) is 4.83. The minimum atomic E-state index is -2.83. The summed E-state index contributed by atoms with van der Waals surface area (Å²) < 4.78 is 30.9. The maximum Gasteiger partial charge on any atom is 0.280 e. The molecule has 33 heavy (non-hydrogen) atoms. The number of hydrogen-bond acceptors (Lipinski definition) is 6. The molecule has 0 spiro atoms. The van der Waals surface area contributed by atoms with Crippen molar-refractivity contribution in [2.24, 2.45) is 12.8 Å². The van der Waals surface area contributed by atoms with E-state index in [1.807, 2.05) is 0 Å². The highest BCUT2D eigenvalue weighted by atomic mass is 79.9. The van der Waals surface area contributed by atoms with Crippen LogP contribution in [0.5, 0.6) is 0 Å². The normalized spacial score (nSPS) is 11.5. The van der Waals surface area contributed by atoms with E-state index in [1.54, 1.807) is 38.0 Å². The van der Waals surface area contributed by atoms with E-state index in [-0.39, 0.29) is 21.9 Å². The molecule has 0 saturated carbocycles. The Morgan fingerprint density at radius 3 is 2.48 bits per heavy atom. The van der Waals surface area contributed by atoms with Gasteiger partial charge in [-0.15, -0.1) is 11.3 Å². The van der Waals surface area contributed by atoms with Crippen LogP contribution in [0.3, 0.4) is 0 Å². The maximum absolute atomic E-state index is 13.6. The first-order chi connectivity index (χ1) is 15.5. The molecule has 4 heterocycles. The molecule has 0 aliphatic carbocycles. The number of amides is 2. The Labute approximate surface area is 198 Å². The number of carbonyl (C=O) groups is 2. The highest BCUT2D eigenvalue weighted by molar-refractivity contribution is 9.10. The van der Waals surface area contributed by atoms with Crippen LogP contribution in [0, 0.1) is 13.8 Å². The molecule has 4 rings (SSSR count). The van der Waals surface area contributed by atoms with Crippen molar-refractivity contribution < 1.29 is 18.4 Å². The molecule has 0 aromatic carbocycles. The number of carbonyl (C=O) groups excluding carboxylic acids is 2. The van der Waals surface area contributed by atoms with Crippen LogP contribution >= 0.6 is 27.3 Å². The Balaban J connectivity index is 1.88. The van der Waals surface area contributed by atoms with E-state index in [0.29, 0.717) is 27.9 Å². The summed E-state index contributed by atoms with van der Waals surface area (Å²) in [5, 5.41) is 11.6. The maximum atomic E-state index is 13.6. The number of nitrogens with zero attached hydrogens (tertiary/aromatic N) is 5. The highest BCUT2D eigenvalue weighted by Gasteiger charge is 2.26. The Bertz CT molecular complexity index is 1390. The number of aromatic nitrogens is 5. The van der Waals surface area contributed by atoms with Gasteiger partial charge < -0.3 is 11.1 Å². The van der Waals surface area contributed by atoms with Crippen molar-refractivity contribution >= 4 is 55.0 Å². The van der Waals surface area contributed by atoms with Crippen molar-refractivity contribution in [3.63, 3.8) is 0 Å². The quantitative estimate of drug-likeness (QED) is 0.385. The minimum Gasteiger partial charge on any atom is -0.365 e. The average Bonchev–Trinajstić information content (AvgIpc) is 3.36. The van der Waals surface area contributed by atoms with Crippen molar-refractivity contribution in [2.45, 2.75) is 26.8 Å². The van der Waals surface area contributed by atoms with E-state index in [1.165, 1.54) is 10.7 Å². The Morgan fingerprint density at radius 1 is 1.21 bits per heavy atom. The molecule has 0 aliphatic heterocycles. The Hall–Kier alpha value is -3.19. The smallest absolute Gasteiger partial charge is 0.280 e. The van der Waals surface area contributed by atoms with Crippen LogP contribution in [0.4, 0.5) is 14.5 Å². The first-order valence-corrected chi connectivity index (χ1v) is 11.2. The number of pyridine rings is 1. The van der Waals surface area contributed by atoms with Crippen LogP contribution in [-0.2, 0) is 18.4 Å². The molecule has 0 aliphatic rings. The molecular weight excluding hydrogens is 520 g/mol. The lowest BCUT2D eigenvalue weighted by molar-refractivity contribution is -0.116. The number of nitrogens with one attached hydrogen (secondary N) is 1. The van der Waals surface area contributed by atoms with Crippen molar-refractivity contribution in [3.8, 4) is 11.1 Å². The number of aryl methyl sites for hydroxylation is 3. The second-order valence-corrected chi connectivity index (χ2v) is 9.21. The second kappa shape index (κ2) is 8.63. The zero-order valence-corrected chi connectivity index (χ0v) is 20.1. The van der Waals surface area contributed by atoms with E-state index >= 15 is 0 Å². The van der Waals surface area contributed by atoms with Crippen LogP contribution in [-0.4, -0.2) is 36.4 Å². The van der Waals surface area contributed by atoms with Crippen LogP contribution in [0.25, 0.3) is 21.3 Å². The minimum absolute atomic E-state index is 0.0119. The van der Waals surface area contributed by atoms with Gasteiger partial charge in [-0.05, 0) is 41.4 Å². The molecule has 0 radical (unpaired) electrons. The standard InChI is InChI=1S/C20H18BrF2N7O2S/c1-8-11(5-29(3)27-8)10-4-13(18(22)23)25-20-15(10)16(17(33-20)19(24)32)26-14(31)7-30-6-12(21)9(2)28-30/h4-6,18H,7H2,1-3H3,(H2,24,32)(H,26,31). The van der Waals surface area contributed by atoms with E-state index in [2.05, 4.69) is 36.4 Å². The molecule has 0 unspecified atom stereocenters. The van der Waals surface area contributed by atoms with Crippen LogP contribution in [0.15, 0.2) is 22.9 Å². The van der Waals surface area contributed by atoms with Crippen molar-refractivity contribution in [2.75, 3.05) is 5.32 Å². The largest absolute Gasteiger partial charge is 0.365 e. The van der Waals surface area contributed by atoms with Crippen molar-refractivity contribution in [1.29, 1.82) is 0 Å². The second-order valence-electron chi connectivity index (χ2n) is 7.36. The summed E-state index contributed by atoms with van der Waals surface area (Å²) >= 11 is 4.19. The van der Waals surface area contributed by atoms with Crippen molar-refractivity contribution in [3.05, 3.63) is 44.9 Å². The average molecular weight is 538 g/mol. The molecule has 4 aromatic heterocycles. The zero-order valence-electron chi connectivity index (χ0n) is 17.7. The summed E-state index contributed by atoms with van der Waals surface area (Å²) in [4.78, 5) is 29.2. The molecule has 4 aromatic rings. The van der Waals surface area contributed by atoms with E-state index < -0.39 is 23.9 Å². The predicted molar refractivity (Wildman–Crippen MR) is 123 cm³/mol. The molecule has 0 atom stereocenters. The van der Waals surface area contributed by atoms with Gasteiger partial charge in [-0.2, -0.15) is 10.2 Å². The lowest BCUT2D eigenvalue weighted by Crippen LogP contribution is -2.21. The predicted octanol–water partition coefficient (Wildman–Crippen LogP) is 3.95. The fraction of sp³-hybridized carbons (Fsp3) is 0.250. The van der Waals surface area contributed by atoms with Gasteiger partial charge in [-0.1, -0.05) is 0 Å². The Kier molecular flexibility index (Phi) is 6.01. The number of alkyl halides is 2. The summed E-state index contributed by atoms with van der Waals surface area (Å²) in [5.74, 6) is -1.28. The molecule has 3 N–H and O–H groups in total. The van der Waals surface area contributed by atoms with Gasteiger partial charge in [0.2, 0.25) is 5.91 Å². The summed E-state index contributed by atoms with van der Waals surface area (Å²) in [6.45, 7) is 3.39. The topological polar surface area (TPSA) is 121 Å². The van der Waals surface area contributed by atoms with Gasteiger partial charge in [0.25, 0.3) is 12.3 Å². The molecule has 0 fully saturated rings. The van der Waals surface area contributed by atoms with Gasteiger partial charge in [0, 0.05) is 30.4 Å². The number of halogens is 3. The van der Waals surface area contributed by atoms with Gasteiger partial charge >= 0.3 is 0 Å². The van der Waals surface area contributed by atoms with E-state index in [9.17, 15) is 18.4 Å². The summed E-state index contributed by atoms with van der Waals surface area (Å²) in [6.07, 6.45) is 0.497. The monoisotopic (exact) mass is 537 g/mol. The number of hydrogen-bond donors (Lipinski definition) is 2. The molecule has 2 amide bonds. The number of nitrogens with two attached hydrogens (primary N) is 1. The number of primary amides is 1. The SMILES string of the molecule is Cc1nn(CC(=O)Nc2c(C(N)=O)sc3nc(C(F)F)cc(-c4cn(C)nc4C)c23)cc1Br. The van der Waals surface area contributed by atoms with Gasteiger partial charge in [0.15, 0.2) is 0 Å². The molecular formula is C20H18BrF2N7O2S. The third kappa shape index (κ3) is 4.37. The third-order valence-electron chi connectivity index (χ3n) is 4.89. The van der Waals surface area contributed by atoms with Gasteiger partial charge in [-0.25, -0.2) is 13.8 Å².